The lowest BCUT2D eigenvalue weighted by Gasteiger charge is -2.21. The predicted octanol–water partition coefficient (Wildman–Crippen LogP) is 4.93. The molecule has 6 nitrogen and oxygen atoms in total. The molecule has 0 bridgehead atoms. The molecule has 31 heavy (non-hydrogen) atoms. The Morgan fingerprint density at radius 3 is 2.81 bits per heavy atom. The molecule has 1 N–H and O–H groups in total. The van der Waals surface area contributed by atoms with Crippen LogP contribution in [0.1, 0.15) is 30.1 Å². The van der Waals surface area contributed by atoms with Crippen LogP contribution >= 0.6 is 0 Å². The van der Waals surface area contributed by atoms with Crippen LogP contribution in [-0.4, -0.2) is 45.7 Å². The maximum absolute atomic E-state index is 13.0. The Bertz CT molecular complexity index is 1260. The molecule has 0 spiro atoms. The maximum Gasteiger partial charge on any atom is 0.254 e. The van der Waals surface area contributed by atoms with Crippen molar-refractivity contribution in [2.45, 2.75) is 25.8 Å². The summed E-state index contributed by atoms with van der Waals surface area (Å²) in [6.45, 7) is 2.94. The number of para-hydroxylation sites is 1. The van der Waals surface area contributed by atoms with E-state index in [1.807, 2.05) is 53.4 Å². The van der Waals surface area contributed by atoms with Crippen LogP contribution in [0.4, 0.5) is 0 Å². The van der Waals surface area contributed by atoms with E-state index in [0.29, 0.717) is 17.3 Å². The number of H-pyrrole nitrogens is 1. The highest BCUT2D eigenvalue weighted by molar-refractivity contribution is 5.97. The third-order valence-corrected chi connectivity index (χ3v) is 6.04. The van der Waals surface area contributed by atoms with Crippen LogP contribution in [0.25, 0.3) is 33.4 Å². The first-order chi connectivity index (χ1) is 15.2. The van der Waals surface area contributed by atoms with Crippen molar-refractivity contribution in [1.82, 2.24) is 20.1 Å². The summed E-state index contributed by atoms with van der Waals surface area (Å²) in [4.78, 5) is 19.5. The SMILES string of the molecule is COc1ccccc1-c1[nH]nc2ncc(-c3cccc(C(=O)N4CCCC4C)c3)cc12. The number of nitrogens with one attached hydrogen (secondary N) is 1. The molecule has 1 amide bonds. The summed E-state index contributed by atoms with van der Waals surface area (Å²) in [6, 6.07) is 18.0. The number of aromatic amines is 1. The lowest BCUT2D eigenvalue weighted by molar-refractivity contribution is 0.0747. The zero-order valence-electron chi connectivity index (χ0n) is 17.6. The summed E-state index contributed by atoms with van der Waals surface area (Å²) in [6.07, 6.45) is 3.94. The van der Waals surface area contributed by atoms with Gasteiger partial charge in [0.05, 0.1) is 12.8 Å². The smallest absolute Gasteiger partial charge is 0.254 e. The highest BCUT2D eigenvalue weighted by atomic mass is 16.5. The third kappa shape index (κ3) is 3.44. The monoisotopic (exact) mass is 412 g/mol. The highest BCUT2D eigenvalue weighted by Gasteiger charge is 2.26. The molecule has 4 aromatic rings. The van der Waals surface area contributed by atoms with Gasteiger partial charge in [0.15, 0.2) is 5.65 Å². The van der Waals surface area contributed by atoms with Crippen LogP contribution in [0.2, 0.25) is 0 Å². The molecule has 0 saturated carbocycles. The van der Waals surface area contributed by atoms with Crippen molar-refractivity contribution >= 4 is 16.9 Å². The minimum atomic E-state index is 0.0962. The van der Waals surface area contributed by atoms with E-state index in [-0.39, 0.29) is 5.91 Å². The number of fused-ring (bicyclic) bond motifs is 1. The van der Waals surface area contributed by atoms with Crippen LogP contribution in [0.5, 0.6) is 5.75 Å². The van der Waals surface area contributed by atoms with Gasteiger partial charge in [-0.1, -0.05) is 24.3 Å². The number of pyridine rings is 1. The topological polar surface area (TPSA) is 71.1 Å². The van der Waals surface area contributed by atoms with Crippen LogP contribution in [0.3, 0.4) is 0 Å². The Labute approximate surface area is 180 Å². The van der Waals surface area contributed by atoms with Crippen LogP contribution in [0.15, 0.2) is 60.8 Å². The number of benzene rings is 2. The lowest BCUT2D eigenvalue weighted by atomic mass is 10.0. The van der Waals surface area contributed by atoms with Gasteiger partial charge in [-0.05, 0) is 55.7 Å². The number of hydrogen-bond donors (Lipinski definition) is 1. The number of hydrogen-bond acceptors (Lipinski definition) is 4. The summed E-state index contributed by atoms with van der Waals surface area (Å²) in [7, 11) is 1.66. The van der Waals surface area contributed by atoms with Gasteiger partial charge >= 0.3 is 0 Å². The van der Waals surface area contributed by atoms with Gasteiger partial charge in [0, 0.05) is 40.9 Å². The van der Waals surface area contributed by atoms with Gasteiger partial charge in [0.2, 0.25) is 0 Å². The van der Waals surface area contributed by atoms with Crippen LogP contribution in [-0.2, 0) is 0 Å². The number of nitrogens with zero attached hydrogens (tertiary/aromatic N) is 3. The van der Waals surface area contributed by atoms with Gasteiger partial charge < -0.3 is 9.64 Å². The highest BCUT2D eigenvalue weighted by Crippen LogP contribution is 2.34. The van der Waals surface area contributed by atoms with E-state index < -0.39 is 0 Å². The minimum Gasteiger partial charge on any atom is -0.496 e. The second-order valence-corrected chi connectivity index (χ2v) is 7.96. The maximum atomic E-state index is 13.0. The van der Waals surface area contributed by atoms with Gasteiger partial charge in [0.1, 0.15) is 5.75 Å². The lowest BCUT2D eigenvalue weighted by Crippen LogP contribution is -2.33. The van der Waals surface area contributed by atoms with Gasteiger partial charge in [0.25, 0.3) is 5.91 Å². The van der Waals surface area contributed by atoms with Gasteiger partial charge in [-0.2, -0.15) is 5.10 Å². The average Bonchev–Trinajstić information content (AvgIpc) is 3.44. The van der Waals surface area contributed by atoms with Gasteiger partial charge in [-0.15, -0.1) is 0 Å². The summed E-state index contributed by atoms with van der Waals surface area (Å²) in [5.41, 5.74) is 5.04. The quantitative estimate of drug-likeness (QED) is 0.516. The molecule has 3 heterocycles. The molecule has 1 saturated heterocycles. The number of likely N-dealkylation sites (tertiary alicyclic amines) is 1. The number of ether oxygens (including phenoxy) is 1. The summed E-state index contributed by atoms with van der Waals surface area (Å²) in [5, 5.41) is 8.37. The molecule has 6 heteroatoms. The minimum absolute atomic E-state index is 0.0962. The van der Waals surface area contributed by atoms with E-state index in [9.17, 15) is 4.79 Å². The van der Waals surface area contributed by atoms with Crippen molar-refractivity contribution < 1.29 is 9.53 Å². The second kappa shape index (κ2) is 7.87. The molecule has 0 aliphatic carbocycles. The number of methoxy groups -OCH3 is 1. The van der Waals surface area contributed by atoms with E-state index in [0.717, 1.165) is 52.9 Å². The molecule has 5 rings (SSSR count). The zero-order valence-corrected chi connectivity index (χ0v) is 17.6. The van der Waals surface area contributed by atoms with Gasteiger partial charge in [-0.25, -0.2) is 4.98 Å². The van der Waals surface area contributed by atoms with Crippen molar-refractivity contribution in [2.24, 2.45) is 0 Å². The first kappa shape index (κ1) is 19.3. The fourth-order valence-electron chi connectivity index (χ4n) is 4.35. The Kier molecular flexibility index (Phi) is 4.90. The van der Waals surface area contributed by atoms with E-state index >= 15 is 0 Å². The summed E-state index contributed by atoms with van der Waals surface area (Å²) >= 11 is 0. The van der Waals surface area contributed by atoms with Gasteiger partial charge in [-0.3, -0.25) is 9.89 Å². The average molecular weight is 412 g/mol. The standard InChI is InChI=1S/C25H24N4O2/c1-16-7-6-12-29(16)25(30)18-9-5-8-17(13-18)19-14-21-23(27-28-24(21)26-15-19)20-10-3-4-11-22(20)31-2/h3-5,8-11,13-16H,6-7,12H2,1-2H3,(H,26,27,28). The molecule has 1 atom stereocenters. The molecule has 0 radical (unpaired) electrons. The first-order valence-electron chi connectivity index (χ1n) is 10.5. The van der Waals surface area contributed by atoms with E-state index in [1.165, 1.54) is 0 Å². The molecule has 1 fully saturated rings. The van der Waals surface area contributed by atoms with Crippen LogP contribution in [0, 0.1) is 0 Å². The molecular weight excluding hydrogens is 388 g/mol. The normalized spacial score (nSPS) is 16.1. The number of amides is 1. The summed E-state index contributed by atoms with van der Waals surface area (Å²) < 4.78 is 5.52. The Balaban J connectivity index is 1.55. The van der Waals surface area contributed by atoms with Crippen LogP contribution < -0.4 is 4.74 Å². The van der Waals surface area contributed by atoms with Crippen molar-refractivity contribution in [3.8, 4) is 28.1 Å². The third-order valence-electron chi connectivity index (χ3n) is 6.04. The molecule has 156 valence electrons. The van der Waals surface area contributed by atoms with Crippen molar-refractivity contribution in [2.75, 3.05) is 13.7 Å². The first-order valence-corrected chi connectivity index (χ1v) is 10.5. The van der Waals surface area contributed by atoms with Crippen molar-refractivity contribution in [3.05, 3.63) is 66.4 Å². The fraction of sp³-hybridized carbons (Fsp3) is 0.240. The van der Waals surface area contributed by atoms with Crippen molar-refractivity contribution in [1.29, 1.82) is 0 Å². The summed E-state index contributed by atoms with van der Waals surface area (Å²) in [5.74, 6) is 0.865. The number of aromatic nitrogens is 3. The molecule has 2 aromatic carbocycles. The number of rotatable bonds is 4. The molecule has 1 aliphatic heterocycles. The largest absolute Gasteiger partial charge is 0.496 e. The fourth-order valence-corrected chi connectivity index (χ4v) is 4.35. The Morgan fingerprint density at radius 1 is 1.13 bits per heavy atom. The predicted molar refractivity (Wildman–Crippen MR) is 121 cm³/mol. The van der Waals surface area contributed by atoms with Crippen molar-refractivity contribution in [3.63, 3.8) is 0 Å². The number of carbonyl (C=O) groups excluding carboxylic acids is 1. The zero-order chi connectivity index (χ0) is 21.4. The second-order valence-electron chi connectivity index (χ2n) is 7.96. The van der Waals surface area contributed by atoms with E-state index in [2.05, 4.69) is 28.2 Å². The van der Waals surface area contributed by atoms with E-state index in [1.54, 1.807) is 13.3 Å². The Morgan fingerprint density at radius 2 is 2.00 bits per heavy atom. The number of carbonyl (C=O) groups is 1. The van der Waals surface area contributed by atoms with E-state index in [4.69, 9.17) is 4.74 Å². The molecule has 1 aliphatic rings. The molecule has 1 unspecified atom stereocenters. The molecule has 2 aromatic heterocycles. The molecular formula is C25H24N4O2. The Hall–Kier alpha value is -3.67.